The zero-order valence-electron chi connectivity index (χ0n) is 11.4. The van der Waals surface area contributed by atoms with Crippen molar-refractivity contribution in [2.24, 2.45) is 0 Å². The second kappa shape index (κ2) is 5.85. The molecule has 108 valence electrons. The molecule has 5 nitrogen and oxygen atoms in total. The van der Waals surface area contributed by atoms with Crippen molar-refractivity contribution in [1.82, 2.24) is 0 Å². The summed E-state index contributed by atoms with van der Waals surface area (Å²) in [4.78, 5) is 0. The van der Waals surface area contributed by atoms with E-state index in [2.05, 4.69) is 4.72 Å². The Hall–Kier alpha value is -2.52. The summed E-state index contributed by atoms with van der Waals surface area (Å²) in [5.41, 5.74) is 2.04. The average Bonchev–Trinajstić information content (AvgIpc) is 2.43. The quantitative estimate of drug-likeness (QED) is 0.908. The van der Waals surface area contributed by atoms with E-state index in [1.54, 1.807) is 43.3 Å². The number of nitriles is 1. The first-order valence-electron chi connectivity index (χ1n) is 6.19. The molecule has 0 fully saturated rings. The molecule has 0 aliphatic carbocycles. The third-order valence-electron chi connectivity index (χ3n) is 2.92. The molecule has 2 aromatic carbocycles. The van der Waals surface area contributed by atoms with Gasteiger partial charge >= 0.3 is 0 Å². The highest BCUT2D eigenvalue weighted by Crippen LogP contribution is 2.22. The van der Waals surface area contributed by atoms with Crippen LogP contribution in [-0.4, -0.2) is 13.5 Å². The molecular formula is C15H14N2O3S. The summed E-state index contributed by atoms with van der Waals surface area (Å²) in [6.07, 6.45) is 0. The first-order chi connectivity index (χ1) is 9.89. The van der Waals surface area contributed by atoms with E-state index in [0.29, 0.717) is 22.4 Å². The van der Waals surface area contributed by atoms with Gasteiger partial charge in [-0.05, 0) is 36.2 Å². The predicted molar refractivity (Wildman–Crippen MR) is 80.2 cm³/mol. The Kier molecular flexibility index (Phi) is 4.15. The number of benzene rings is 2. The minimum Gasteiger partial charge on any atom is -0.508 e. The maximum atomic E-state index is 12.1. The van der Waals surface area contributed by atoms with Crippen LogP contribution in [0.3, 0.4) is 0 Å². The molecular weight excluding hydrogens is 288 g/mol. The highest BCUT2D eigenvalue weighted by atomic mass is 32.2. The smallest absolute Gasteiger partial charge is 0.236 e. The molecule has 21 heavy (non-hydrogen) atoms. The summed E-state index contributed by atoms with van der Waals surface area (Å²) >= 11 is 0. The number of hydrogen-bond donors (Lipinski definition) is 2. The molecule has 0 spiro atoms. The fourth-order valence-corrected chi connectivity index (χ4v) is 2.97. The highest BCUT2D eigenvalue weighted by molar-refractivity contribution is 7.91. The number of phenols is 1. The van der Waals surface area contributed by atoms with Crippen LogP contribution in [0.4, 0.5) is 5.69 Å². The molecule has 0 atom stereocenters. The molecule has 0 heterocycles. The number of nitrogens with zero attached hydrogens (tertiary/aromatic N) is 1. The fourth-order valence-electron chi connectivity index (χ4n) is 1.78. The third-order valence-corrected chi connectivity index (χ3v) is 4.18. The molecule has 0 aliphatic rings. The summed E-state index contributed by atoms with van der Waals surface area (Å²) in [6.45, 7) is 1.73. The van der Waals surface area contributed by atoms with Crippen molar-refractivity contribution in [1.29, 1.82) is 5.26 Å². The number of phenolic OH excluding ortho intramolecular Hbond substituents is 1. The van der Waals surface area contributed by atoms with Crippen molar-refractivity contribution >= 4 is 15.7 Å². The van der Waals surface area contributed by atoms with Crippen LogP contribution in [0, 0.1) is 18.3 Å². The molecule has 0 radical (unpaired) electrons. The zero-order valence-corrected chi connectivity index (χ0v) is 12.2. The van der Waals surface area contributed by atoms with E-state index in [0.717, 1.165) is 0 Å². The monoisotopic (exact) mass is 302 g/mol. The van der Waals surface area contributed by atoms with Gasteiger partial charge in [-0.2, -0.15) is 5.26 Å². The Morgan fingerprint density at radius 2 is 1.86 bits per heavy atom. The molecule has 0 saturated heterocycles. The van der Waals surface area contributed by atoms with Crippen molar-refractivity contribution in [3.05, 3.63) is 59.2 Å². The van der Waals surface area contributed by atoms with Gasteiger partial charge in [0, 0.05) is 6.07 Å². The van der Waals surface area contributed by atoms with Crippen LogP contribution in [0.25, 0.3) is 0 Å². The lowest BCUT2D eigenvalue weighted by Crippen LogP contribution is -2.15. The minimum atomic E-state index is -3.58. The molecule has 2 aromatic rings. The van der Waals surface area contributed by atoms with Gasteiger partial charge in [0.05, 0.1) is 23.1 Å². The SMILES string of the molecule is Cc1ccc(NS(=O)(=O)Cc2ccc(C#N)cc2)cc1O. The Morgan fingerprint density at radius 3 is 2.43 bits per heavy atom. The lowest BCUT2D eigenvalue weighted by Gasteiger charge is -2.09. The van der Waals surface area contributed by atoms with Crippen LogP contribution in [0.15, 0.2) is 42.5 Å². The van der Waals surface area contributed by atoms with Gasteiger partial charge in [0.25, 0.3) is 0 Å². The largest absolute Gasteiger partial charge is 0.508 e. The Bertz CT molecular complexity index is 791. The van der Waals surface area contributed by atoms with Gasteiger partial charge in [0.1, 0.15) is 5.75 Å². The van der Waals surface area contributed by atoms with Crippen LogP contribution in [0.5, 0.6) is 5.75 Å². The lowest BCUT2D eigenvalue weighted by molar-refractivity contribution is 0.471. The van der Waals surface area contributed by atoms with E-state index in [9.17, 15) is 13.5 Å². The molecule has 0 aliphatic heterocycles. The van der Waals surface area contributed by atoms with Crippen LogP contribution in [0.2, 0.25) is 0 Å². The normalized spacial score (nSPS) is 10.9. The number of nitrogens with one attached hydrogen (secondary N) is 1. The number of sulfonamides is 1. The van der Waals surface area contributed by atoms with Crippen molar-refractivity contribution < 1.29 is 13.5 Å². The van der Waals surface area contributed by atoms with Gasteiger partial charge < -0.3 is 5.11 Å². The van der Waals surface area contributed by atoms with Crippen LogP contribution < -0.4 is 4.72 Å². The first-order valence-corrected chi connectivity index (χ1v) is 7.84. The molecule has 2 rings (SSSR count). The lowest BCUT2D eigenvalue weighted by atomic mass is 10.2. The van der Waals surface area contributed by atoms with E-state index in [1.807, 2.05) is 6.07 Å². The summed E-state index contributed by atoms with van der Waals surface area (Å²) < 4.78 is 26.5. The summed E-state index contributed by atoms with van der Waals surface area (Å²) in [5.74, 6) is -0.165. The third kappa shape index (κ3) is 3.97. The summed E-state index contributed by atoms with van der Waals surface area (Å²) in [5, 5.41) is 18.3. The Morgan fingerprint density at radius 1 is 1.19 bits per heavy atom. The Labute approximate surface area is 123 Å². The Balaban J connectivity index is 2.14. The van der Waals surface area contributed by atoms with Gasteiger partial charge in [-0.3, -0.25) is 4.72 Å². The topological polar surface area (TPSA) is 90.2 Å². The molecule has 0 amide bonds. The summed E-state index contributed by atoms with van der Waals surface area (Å²) in [7, 11) is -3.58. The molecule has 0 bridgehead atoms. The van der Waals surface area contributed by atoms with Gasteiger partial charge in [-0.15, -0.1) is 0 Å². The number of anilines is 1. The second-order valence-electron chi connectivity index (χ2n) is 4.67. The molecule has 0 saturated carbocycles. The van der Waals surface area contributed by atoms with Crippen molar-refractivity contribution in [2.75, 3.05) is 4.72 Å². The average molecular weight is 302 g/mol. The van der Waals surface area contributed by atoms with E-state index < -0.39 is 10.0 Å². The van der Waals surface area contributed by atoms with E-state index in [4.69, 9.17) is 5.26 Å². The van der Waals surface area contributed by atoms with Gasteiger partial charge in [0.15, 0.2) is 0 Å². The zero-order chi connectivity index (χ0) is 15.5. The number of rotatable bonds is 4. The highest BCUT2D eigenvalue weighted by Gasteiger charge is 2.12. The van der Waals surface area contributed by atoms with Crippen molar-refractivity contribution in [3.63, 3.8) is 0 Å². The standard InChI is InChI=1S/C15H14N2O3S/c1-11-2-7-14(8-15(11)18)17-21(19,20)10-13-5-3-12(9-16)4-6-13/h2-8,17-18H,10H2,1H3. The maximum Gasteiger partial charge on any atom is 0.236 e. The second-order valence-corrected chi connectivity index (χ2v) is 6.39. The van der Waals surface area contributed by atoms with Gasteiger partial charge in [0.2, 0.25) is 10.0 Å². The van der Waals surface area contributed by atoms with Crippen LogP contribution >= 0.6 is 0 Å². The van der Waals surface area contributed by atoms with E-state index >= 15 is 0 Å². The van der Waals surface area contributed by atoms with Crippen LogP contribution in [0.1, 0.15) is 16.7 Å². The van der Waals surface area contributed by atoms with E-state index in [1.165, 1.54) is 6.07 Å². The summed E-state index contributed by atoms with van der Waals surface area (Å²) in [6, 6.07) is 12.9. The number of aryl methyl sites for hydroxylation is 1. The van der Waals surface area contributed by atoms with Gasteiger partial charge in [-0.1, -0.05) is 18.2 Å². The molecule has 2 N–H and O–H groups in total. The maximum absolute atomic E-state index is 12.1. The fraction of sp³-hybridized carbons (Fsp3) is 0.133. The van der Waals surface area contributed by atoms with Crippen molar-refractivity contribution in [3.8, 4) is 11.8 Å². The van der Waals surface area contributed by atoms with Crippen molar-refractivity contribution in [2.45, 2.75) is 12.7 Å². The number of hydrogen-bond acceptors (Lipinski definition) is 4. The predicted octanol–water partition coefficient (Wildman–Crippen LogP) is 2.51. The number of aromatic hydroxyl groups is 1. The molecule has 6 heteroatoms. The van der Waals surface area contributed by atoms with Crippen LogP contribution in [-0.2, 0) is 15.8 Å². The minimum absolute atomic E-state index is 0.0357. The molecule has 0 aromatic heterocycles. The van der Waals surface area contributed by atoms with E-state index in [-0.39, 0.29) is 11.5 Å². The van der Waals surface area contributed by atoms with Gasteiger partial charge in [-0.25, -0.2) is 8.42 Å². The first kappa shape index (κ1) is 14.9. The molecule has 0 unspecified atom stereocenters.